The van der Waals surface area contributed by atoms with Gasteiger partial charge in [0.1, 0.15) is 5.75 Å². The summed E-state index contributed by atoms with van der Waals surface area (Å²) in [6.45, 7) is -0.320. The van der Waals surface area contributed by atoms with E-state index in [4.69, 9.17) is 9.47 Å². The van der Waals surface area contributed by atoms with Crippen LogP contribution in [0.15, 0.2) is 46.5 Å². The van der Waals surface area contributed by atoms with E-state index in [0.29, 0.717) is 11.6 Å². The van der Waals surface area contributed by atoms with Gasteiger partial charge in [-0.15, -0.1) is 11.3 Å². The van der Waals surface area contributed by atoms with Crippen LogP contribution in [0.3, 0.4) is 0 Å². The molecular formula is C19H18N2O4S2. The highest BCUT2D eigenvalue weighted by atomic mass is 32.1. The number of ether oxygens (including phenoxy) is 2. The van der Waals surface area contributed by atoms with Crippen molar-refractivity contribution in [2.24, 2.45) is 0 Å². The molecule has 2 heterocycles. The second-order valence-electron chi connectivity index (χ2n) is 5.61. The van der Waals surface area contributed by atoms with Gasteiger partial charge in [0.15, 0.2) is 11.7 Å². The number of carbonyl (C=O) groups excluding carboxylic acids is 2. The maximum Gasteiger partial charge on any atom is 0.306 e. The first-order valence-electron chi connectivity index (χ1n) is 8.20. The minimum atomic E-state index is -0.408. The molecule has 0 aliphatic heterocycles. The molecule has 6 nitrogen and oxygen atoms in total. The van der Waals surface area contributed by atoms with Gasteiger partial charge in [0, 0.05) is 17.4 Å². The fourth-order valence-corrected chi connectivity index (χ4v) is 3.72. The van der Waals surface area contributed by atoms with Gasteiger partial charge in [-0.25, -0.2) is 4.98 Å². The third kappa shape index (κ3) is 5.63. The number of nitrogens with zero attached hydrogens (tertiary/aromatic N) is 1. The van der Waals surface area contributed by atoms with Crippen molar-refractivity contribution in [3.8, 4) is 17.0 Å². The Morgan fingerprint density at radius 2 is 1.96 bits per heavy atom. The van der Waals surface area contributed by atoms with Crippen molar-refractivity contribution in [2.45, 2.75) is 12.8 Å². The highest BCUT2D eigenvalue weighted by Gasteiger charge is 2.11. The van der Waals surface area contributed by atoms with Gasteiger partial charge in [-0.2, -0.15) is 11.3 Å². The molecule has 0 spiro atoms. The van der Waals surface area contributed by atoms with Gasteiger partial charge < -0.3 is 9.47 Å². The number of aryl methyl sites for hydroxylation is 1. The van der Waals surface area contributed by atoms with E-state index in [1.165, 1.54) is 11.3 Å². The first-order chi connectivity index (χ1) is 13.1. The number of methoxy groups -OCH3 is 1. The molecule has 0 aliphatic rings. The van der Waals surface area contributed by atoms with E-state index in [9.17, 15) is 9.59 Å². The van der Waals surface area contributed by atoms with Gasteiger partial charge in [0.25, 0.3) is 5.91 Å². The van der Waals surface area contributed by atoms with E-state index < -0.39 is 11.9 Å². The fraction of sp³-hybridized carbons (Fsp3) is 0.211. The second kappa shape index (κ2) is 9.29. The zero-order chi connectivity index (χ0) is 19.1. The number of aromatic nitrogens is 1. The number of hydrogen-bond acceptors (Lipinski definition) is 7. The van der Waals surface area contributed by atoms with Gasteiger partial charge >= 0.3 is 5.97 Å². The molecule has 27 heavy (non-hydrogen) atoms. The Morgan fingerprint density at radius 1 is 1.15 bits per heavy atom. The summed E-state index contributed by atoms with van der Waals surface area (Å²) in [4.78, 5) is 28.0. The average molecular weight is 402 g/mol. The Labute approximate surface area is 164 Å². The predicted molar refractivity (Wildman–Crippen MR) is 106 cm³/mol. The van der Waals surface area contributed by atoms with Crippen molar-refractivity contribution in [3.05, 3.63) is 52.0 Å². The number of carbonyl (C=O) groups is 2. The number of nitrogens with one attached hydrogen (secondary N) is 1. The number of thiophene rings is 1. The molecule has 3 aromatic rings. The minimum Gasteiger partial charge on any atom is -0.497 e. The summed E-state index contributed by atoms with van der Waals surface area (Å²) in [6.07, 6.45) is 0.866. The van der Waals surface area contributed by atoms with Crippen molar-refractivity contribution >= 4 is 39.7 Å². The first-order valence-corrected chi connectivity index (χ1v) is 10.0. The van der Waals surface area contributed by atoms with Crippen molar-refractivity contribution in [3.63, 3.8) is 0 Å². The smallest absolute Gasteiger partial charge is 0.306 e. The molecule has 1 N–H and O–H groups in total. The number of amides is 1. The highest BCUT2D eigenvalue weighted by molar-refractivity contribution is 7.14. The molecule has 2 aromatic heterocycles. The van der Waals surface area contributed by atoms with Crippen LogP contribution in [0.5, 0.6) is 5.75 Å². The lowest BCUT2D eigenvalue weighted by molar-refractivity contribution is -0.147. The molecule has 0 saturated carbocycles. The lowest BCUT2D eigenvalue weighted by Gasteiger charge is -2.04. The van der Waals surface area contributed by atoms with Crippen molar-refractivity contribution in [1.29, 1.82) is 0 Å². The molecule has 0 radical (unpaired) electrons. The zero-order valence-corrected chi connectivity index (χ0v) is 16.3. The van der Waals surface area contributed by atoms with Crippen molar-refractivity contribution in [2.75, 3.05) is 19.0 Å². The average Bonchev–Trinajstić information content (AvgIpc) is 3.37. The van der Waals surface area contributed by atoms with Crippen LogP contribution in [0.4, 0.5) is 5.13 Å². The molecule has 8 heteroatoms. The third-order valence-corrected chi connectivity index (χ3v) is 5.19. The normalized spacial score (nSPS) is 10.4. The van der Waals surface area contributed by atoms with Crippen LogP contribution in [-0.2, 0) is 20.7 Å². The number of esters is 1. The quantitative estimate of drug-likeness (QED) is 0.577. The summed E-state index contributed by atoms with van der Waals surface area (Å²) in [7, 11) is 1.61. The van der Waals surface area contributed by atoms with Gasteiger partial charge in [-0.1, -0.05) is 0 Å². The minimum absolute atomic E-state index is 0.253. The van der Waals surface area contributed by atoms with Crippen LogP contribution >= 0.6 is 22.7 Å². The van der Waals surface area contributed by atoms with E-state index in [0.717, 1.165) is 22.6 Å². The second-order valence-corrected chi connectivity index (χ2v) is 7.24. The van der Waals surface area contributed by atoms with E-state index in [-0.39, 0.29) is 13.0 Å². The lowest BCUT2D eigenvalue weighted by atomic mass is 10.2. The topological polar surface area (TPSA) is 77.5 Å². The maximum atomic E-state index is 11.9. The largest absolute Gasteiger partial charge is 0.497 e. The van der Waals surface area contributed by atoms with Crippen LogP contribution in [0.1, 0.15) is 12.0 Å². The summed E-state index contributed by atoms with van der Waals surface area (Å²) in [5, 5.41) is 8.91. The number of thiazole rings is 1. The molecule has 0 aliphatic carbocycles. The molecule has 1 aromatic carbocycles. The Balaban J connectivity index is 1.45. The molecule has 3 rings (SSSR count). The van der Waals surface area contributed by atoms with E-state index >= 15 is 0 Å². The van der Waals surface area contributed by atoms with Crippen LogP contribution in [0.2, 0.25) is 0 Å². The van der Waals surface area contributed by atoms with Gasteiger partial charge in [-0.3, -0.25) is 14.9 Å². The van der Waals surface area contributed by atoms with Crippen molar-refractivity contribution < 1.29 is 19.1 Å². The van der Waals surface area contributed by atoms with Gasteiger partial charge in [-0.05, 0) is 53.1 Å². The Kier molecular flexibility index (Phi) is 6.56. The van der Waals surface area contributed by atoms with Crippen LogP contribution in [-0.4, -0.2) is 30.6 Å². The lowest BCUT2D eigenvalue weighted by Crippen LogP contribution is -2.20. The molecule has 0 fully saturated rings. The monoisotopic (exact) mass is 402 g/mol. The summed E-state index contributed by atoms with van der Waals surface area (Å²) < 4.78 is 10.1. The Morgan fingerprint density at radius 3 is 2.67 bits per heavy atom. The molecule has 0 saturated heterocycles. The molecule has 140 valence electrons. The first kappa shape index (κ1) is 19.1. The van der Waals surface area contributed by atoms with Crippen molar-refractivity contribution in [1.82, 2.24) is 4.98 Å². The molecule has 1 amide bonds. The predicted octanol–water partition coefficient (Wildman–Crippen LogP) is 3.99. The molecule has 0 unspecified atom stereocenters. The van der Waals surface area contributed by atoms with E-state index in [2.05, 4.69) is 10.3 Å². The van der Waals surface area contributed by atoms with Crippen LogP contribution < -0.4 is 10.1 Å². The van der Waals surface area contributed by atoms with Gasteiger partial charge in [0.05, 0.1) is 12.8 Å². The standard InChI is InChI=1S/C19H18N2O4S2/c1-24-15-5-3-14(4-6-15)16-12-27-19(20-16)21-17(22)10-25-18(23)7-2-13-8-9-26-11-13/h3-6,8-9,11-12H,2,7,10H2,1H3,(H,20,21,22). The maximum absolute atomic E-state index is 11.9. The zero-order valence-electron chi connectivity index (χ0n) is 14.6. The summed E-state index contributed by atoms with van der Waals surface area (Å²) in [5.74, 6) is -0.0350. The molecule has 0 bridgehead atoms. The Hall–Kier alpha value is -2.71. The van der Waals surface area contributed by atoms with Crippen LogP contribution in [0, 0.1) is 0 Å². The summed E-state index contributed by atoms with van der Waals surface area (Å²) >= 11 is 2.90. The van der Waals surface area contributed by atoms with Crippen LogP contribution in [0.25, 0.3) is 11.3 Å². The third-order valence-electron chi connectivity index (χ3n) is 3.70. The summed E-state index contributed by atoms with van der Waals surface area (Å²) in [5.41, 5.74) is 2.77. The molecule has 0 atom stereocenters. The summed E-state index contributed by atoms with van der Waals surface area (Å²) in [6, 6.07) is 9.46. The fourth-order valence-electron chi connectivity index (χ4n) is 2.28. The number of rotatable bonds is 8. The van der Waals surface area contributed by atoms with E-state index in [1.54, 1.807) is 18.4 Å². The Bertz CT molecular complexity index is 889. The van der Waals surface area contributed by atoms with E-state index in [1.807, 2.05) is 46.5 Å². The molecular weight excluding hydrogens is 384 g/mol. The number of hydrogen-bond donors (Lipinski definition) is 1. The highest BCUT2D eigenvalue weighted by Crippen LogP contribution is 2.26. The number of anilines is 1. The van der Waals surface area contributed by atoms with Gasteiger partial charge in [0.2, 0.25) is 0 Å². The SMILES string of the molecule is COc1ccc(-c2csc(NC(=O)COC(=O)CCc3ccsc3)n2)cc1. The number of benzene rings is 1.